The van der Waals surface area contributed by atoms with Gasteiger partial charge < -0.3 is 4.90 Å². The van der Waals surface area contributed by atoms with Gasteiger partial charge in [-0.3, -0.25) is 4.90 Å². The molecule has 1 atom stereocenters. The van der Waals surface area contributed by atoms with Gasteiger partial charge in [0.05, 0.1) is 0 Å². The maximum Gasteiger partial charge on any atom is 0.130 e. The highest BCUT2D eigenvalue weighted by Crippen LogP contribution is 2.30. The lowest BCUT2D eigenvalue weighted by Crippen LogP contribution is -2.29. The molecule has 0 spiro atoms. The van der Waals surface area contributed by atoms with Crippen LogP contribution in [0.2, 0.25) is 0 Å². The van der Waals surface area contributed by atoms with Gasteiger partial charge in [-0.25, -0.2) is 4.98 Å². The van der Waals surface area contributed by atoms with Crippen molar-refractivity contribution < 1.29 is 0 Å². The summed E-state index contributed by atoms with van der Waals surface area (Å²) in [6.07, 6.45) is 5.98. The van der Waals surface area contributed by atoms with Crippen LogP contribution in [0.1, 0.15) is 36.4 Å². The zero-order chi connectivity index (χ0) is 12.4. The van der Waals surface area contributed by atoms with Crippen LogP contribution >= 0.6 is 0 Å². The molecule has 2 rings (SSSR count). The van der Waals surface area contributed by atoms with E-state index in [4.69, 9.17) is 0 Å². The number of hydrogen-bond donors (Lipinski definition) is 0. The number of rotatable bonds is 2. The van der Waals surface area contributed by atoms with Crippen LogP contribution in [-0.2, 0) is 0 Å². The molecular formula is C14H23N3. The van der Waals surface area contributed by atoms with Crippen LogP contribution in [-0.4, -0.2) is 37.6 Å². The van der Waals surface area contributed by atoms with Crippen molar-refractivity contribution in [2.24, 2.45) is 0 Å². The maximum absolute atomic E-state index is 4.59. The van der Waals surface area contributed by atoms with Crippen LogP contribution in [0.5, 0.6) is 0 Å². The number of aryl methyl sites for hydroxylation is 1. The van der Waals surface area contributed by atoms with Crippen LogP contribution in [0.15, 0.2) is 12.3 Å². The van der Waals surface area contributed by atoms with Crippen molar-refractivity contribution in [1.82, 2.24) is 9.88 Å². The third kappa shape index (κ3) is 2.60. The minimum atomic E-state index is 0.561. The van der Waals surface area contributed by atoms with E-state index in [0.29, 0.717) is 6.04 Å². The van der Waals surface area contributed by atoms with E-state index in [2.05, 4.69) is 41.0 Å². The van der Waals surface area contributed by atoms with Gasteiger partial charge in [0, 0.05) is 26.3 Å². The molecule has 1 fully saturated rings. The fraction of sp³-hybridized carbons (Fsp3) is 0.643. The highest BCUT2D eigenvalue weighted by Gasteiger charge is 2.21. The van der Waals surface area contributed by atoms with E-state index >= 15 is 0 Å². The number of aromatic nitrogens is 1. The van der Waals surface area contributed by atoms with Crippen LogP contribution < -0.4 is 4.90 Å². The van der Waals surface area contributed by atoms with Gasteiger partial charge in [-0.05, 0) is 50.6 Å². The molecule has 0 amide bonds. The lowest BCUT2D eigenvalue weighted by Gasteiger charge is -2.33. The van der Waals surface area contributed by atoms with Crippen LogP contribution in [0.4, 0.5) is 5.82 Å². The Kier molecular flexibility index (Phi) is 3.67. The molecule has 1 unspecified atom stereocenters. The average molecular weight is 233 g/mol. The SMILES string of the molecule is Cc1cc(C2CCCCN2C)cnc1N(C)C. The normalized spacial score (nSPS) is 21.5. The second-order valence-corrected chi connectivity index (χ2v) is 5.30. The Balaban J connectivity index is 2.24. The summed E-state index contributed by atoms with van der Waals surface area (Å²) in [6, 6.07) is 2.86. The van der Waals surface area contributed by atoms with Crippen LogP contribution in [0.25, 0.3) is 0 Å². The monoisotopic (exact) mass is 233 g/mol. The van der Waals surface area contributed by atoms with Gasteiger partial charge in [-0.15, -0.1) is 0 Å². The molecule has 1 aromatic rings. The molecule has 0 N–H and O–H groups in total. The third-order valence-corrected chi connectivity index (χ3v) is 3.65. The Morgan fingerprint density at radius 1 is 1.35 bits per heavy atom. The number of hydrogen-bond acceptors (Lipinski definition) is 3. The smallest absolute Gasteiger partial charge is 0.130 e. The molecule has 1 aliphatic rings. The fourth-order valence-electron chi connectivity index (χ4n) is 2.74. The lowest BCUT2D eigenvalue weighted by atomic mass is 9.96. The number of likely N-dealkylation sites (tertiary alicyclic amines) is 1. The Hall–Kier alpha value is -1.09. The first-order valence-electron chi connectivity index (χ1n) is 6.43. The molecule has 2 heterocycles. The summed E-state index contributed by atoms with van der Waals surface area (Å²) in [5, 5.41) is 0. The van der Waals surface area contributed by atoms with Crippen molar-refractivity contribution in [3.63, 3.8) is 0 Å². The van der Waals surface area contributed by atoms with E-state index in [9.17, 15) is 0 Å². The first kappa shape index (κ1) is 12.4. The Morgan fingerprint density at radius 3 is 2.71 bits per heavy atom. The molecule has 0 bridgehead atoms. The van der Waals surface area contributed by atoms with Gasteiger partial charge in [0.2, 0.25) is 0 Å². The average Bonchev–Trinajstić information content (AvgIpc) is 2.29. The van der Waals surface area contributed by atoms with Crippen LogP contribution in [0.3, 0.4) is 0 Å². The van der Waals surface area contributed by atoms with Gasteiger partial charge in [0.15, 0.2) is 0 Å². The number of pyridine rings is 1. The van der Waals surface area contributed by atoms with E-state index in [0.717, 1.165) is 5.82 Å². The standard InChI is InChI=1S/C14H23N3/c1-11-9-12(10-15-14(11)16(2)3)13-7-5-6-8-17(13)4/h9-10,13H,5-8H2,1-4H3. The predicted octanol–water partition coefficient (Wildman–Crippen LogP) is 2.61. The van der Waals surface area contributed by atoms with E-state index < -0.39 is 0 Å². The van der Waals surface area contributed by atoms with Crippen molar-refractivity contribution in [2.75, 3.05) is 32.6 Å². The molecule has 3 nitrogen and oxygen atoms in total. The first-order valence-corrected chi connectivity index (χ1v) is 6.43. The van der Waals surface area contributed by atoms with Gasteiger partial charge in [-0.2, -0.15) is 0 Å². The zero-order valence-electron chi connectivity index (χ0n) is 11.4. The van der Waals surface area contributed by atoms with Crippen molar-refractivity contribution in [2.45, 2.75) is 32.2 Å². The fourth-order valence-corrected chi connectivity index (χ4v) is 2.74. The third-order valence-electron chi connectivity index (χ3n) is 3.65. The van der Waals surface area contributed by atoms with E-state index in [1.54, 1.807) is 0 Å². The molecule has 1 saturated heterocycles. The first-order chi connectivity index (χ1) is 8.09. The lowest BCUT2D eigenvalue weighted by molar-refractivity contribution is 0.187. The van der Waals surface area contributed by atoms with Gasteiger partial charge in [0.25, 0.3) is 0 Å². The molecule has 17 heavy (non-hydrogen) atoms. The second kappa shape index (κ2) is 5.05. The quantitative estimate of drug-likeness (QED) is 0.783. The predicted molar refractivity (Wildman–Crippen MR) is 72.5 cm³/mol. The number of nitrogens with zero attached hydrogens (tertiary/aromatic N) is 3. The molecule has 0 saturated carbocycles. The molecule has 1 aromatic heterocycles. The highest BCUT2D eigenvalue weighted by atomic mass is 15.1. The van der Waals surface area contributed by atoms with Crippen molar-refractivity contribution in [3.8, 4) is 0 Å². The van der Waals surface area contributed by atoms with E-state index in [-0.39, 0.29) is 0 Å². The van der Waals surface area contributed by atoms with Gasteiger partial charge in [-0.1, -0.05) is 6.42 Å². The second-order valence-electron chi connectivity index (χ2n) is 5.30. The molecule has 3 heteroatoms. The van der Waals surface area contributed by atoms with Gasteiger partial charge in [0.1, 0.15) is 5.82 Å². The summed E-state index contributed by atoms with van der Waals surface area (Å²) < 4.78 is 0. The summed E-state index contributed by atoms with van der Waals surface area (Å²) >= 11 is 0. The van der Waals surface area contributed by atoms with Crippen molar-refractivity contribution >= 4 is 5.82 Å². The Labute approximate surface area is 104 Å². The maximum atomic E-state index is 4.59. The van der Waals surface area contributed by atoms with Crippen molar-refractivity contribution in [3.05, 3.63) is 23.4 Å². The molecule has 1 aliphatic heterocycles. The van der Waals surface area contributed by atoms with Gasteiger partial charge >= 0.3 is 0 Å². The molecule has 94 valence electrons. The minimum absolute atomic E-state index is 0.561. The van der Waals surface area contributed by atoms with E-state index in [1.165, 1.54) is 36.9 Å². The Morgan fingerprint density at radius 2 is 2.12 bits per heavy atom. The highest BCUT2D eigenvalue weighted by molar-refractivity contribution is 5.46. The molecule has 0 radical (unpaired) electrons. The molecular weight excluding hydrogens is 210 g/mol. The molecule has 0 aliphatic carbocycles. The van der Waals surface area contributed by atoms with Crippen LogP contribution in [0, 0.1) is 6.92 Å². The Bertz CT molecular complexity index is 387. The largest absolute Gasteiger partial charge is 0.363 e. The zero-order valence-corrected chi connectivity index (χ0v) is 11.4. The van der Waals surface area contributed by atoms with Crippen molar-refractivity contribution in [1.29, 1.82) is 0 Å². The molecule has 0 aromatic carbocycles. The number of anilines is 1. The summed E-state index contributed by atoms with van der Waals surface area (Å²) in [4.78, 5) is 9.11. The van der Waals surface area contributed by atoms with E-state index in [1.807, 2.05) is 14.1 Å². The number of piperidine rings is 1. The topological polar surface area (TPSA) is 19.4 Å². The summed E-state index contributed by atoms with van der Waals surface area (Å²) in [5.74, 6) is 1.08. The minimum Gasteiger partial charge on any atom is -0.363 e. The summed E-state index contributed by atoms with van der Waals surface area (Å²) in [7, 11) is 6.31. The summed E-state index contributed by atoms with van der Waals surface area (Å²) in [5.41, 5.74) is 2.64. The summed E-state index contributed by atoms with van der Waals surface area (Å²) in [6.45, 7) is 3.35.